The minimum absolute atomic E-state index is 0.117. The first-order valence-corrected chi connectivity index (χ1v) is 19.8. The quantitative estimate of drug-likeness (QED) is 0.147. The Bertz CT molecular complexity index is 1810. The summed E-state index contributed by atoms with van der Waals surface area (Å²) in [6.07, 6.45) is 16.1. The predicted molar refractivity (Wildman–Crippen MR) is 202 cm³/mol. The first-order valence-electron chi connectivity index (χ1n) is 19.8. The number of benzene rings is 2. The van der Waals surface area contributed by atoms with E-state index >= 15 is 0 Å². The van der Waals surface area contributed by atoms with Gasteiger partial charge in [0.25, 0.3) is 0 Å². The molecule has 8 atom stereocenters. The van der Waals surface area contributed by atoms with Gasteiger partial charge in [-0.25, -0.2) is 4.79 Å². The van der Waals surface area contributed by atoms with Crippen LogP contribution < -0.4 is 14.9 Å². The third-order valence-electron chi connectivity index (χ3n) is 13.9. The fraction of sp³-hybridized carbons (Fsp3) is 0.600. The van der Waals surface area contributed by atoms with Crippen LogP contribution in [0.15, 0.2) is 69.4 Å². The second-order valence-corrected chi connectivity index (χ2v) is 17.3. The number of hydrogen-bond acceptors (Lipinski definition) is 6. The standard InChI is InChI=1S/C45H58O6/c1-28(2)11-10-12-29(3)37-19-20-38-35-17-15-31-25-34(21-23-44(31,5)39(35)22-24-45(37,38)6)50-41(46)27-48-33-16-18-36-40(26-33)49-30(4)43(42(36)47)51-32-13-8-7-9-14-32/h7-9,13-16,18,26,28-29,34-35,37-39H,10-12,17,19-25,27H2,1-6H3/t29-,34+,35+,37-,38+,39+,44+,45-/m1/s1. The zero-order chi connectivity index (χ0) is 35.9. The van der Waals surface area contributed by atoms with Crippen LogP contribution in [0.25, 0.3) is 11.0 Å². The molecule has 7 rings (SSSR count). The molecule has 4 aliphatic rings. The number of para-hydroxylation sites is 1. The lowest BCUT2D eigenvalue weighted by molar-refractivity contribution is -0.153. The molecule has 0 N–H and O–H groups in total. The van der Waals surface area contributed by atoms with E-state index in [1.165, 1.54) is 56.9 Å². The number of carbonyl (C=O) groups excluding carboxylic acids is 1. The number of esters is 1. The first kappa shape index (κ1) is 35.8. The number of allylic oxidation sites excluding steroid dienone is 1. The average Bonchev–Trinajstić information content (AvgIpc) is 3.47. The van der Waals surface area contributed by atoms with Crippen molar-refractivity contribution in [1.82, 2.24) is 0 Å². The van der Waals surface area contributed by atoms with Gasteiger partial charge in [-0.3, -0.25) is 4.79 Å². The molecule has 0 bridgehead atoms. The summed E-state index contributed by atoms with van der Waals surface area (Å²) in [5.74, 6) is 6.04. The fourth-order valence-corrected chi connectivity index (χ4v) is 11.2. The molecule has 1 aromatic heterocycles. The van der Waals surface area contributed by atoms with E-state index in [0.717, 1.165) is 54.8 Å². The zero-order valence-electron chi connectivity index (χ0n) is 31.7. The lowest BCUT2D eigenvalue weighted by Gasteiger charge is -2.58. The number of hydrogen-bond donors (Lipinski definition) is 0. The Morgan fingerprint density at radius 1 is 0.941 bits per heavy atom. The average molecular weight is 695 g/mol. The molecular formula is C45H58O6. The van der Waals surface area contributed by atoms with Gasteiger partial charge >= 0.3 is 5.97 Å². The Kier molecular flexibility index (Phi) is 10.2. The van der Waals surface area contributed by atoms with Crippen molar-refractivity contribution in [1.29, 1.82) is 0 Å². The highest BCUT2D eigenvalue weighted by molar-refractivity contribution is 5.80. The summed E-state index contributed by atoms with van der Waals surface area (Å²) in [7, 11) is 0. The SMILES string of the molecule is Cc1oc2cc(OCC(=O)O[C@H]3CC[C@@]4(C)C(=CC[C@H]5[C@@H]6CC[C@H]([C@H](C)CCCC(C)C)[C@@]6(C)CC[C@@H]54)C3)ccc2c(=O)c1Oc1ccccc1. The molecule has 0 saturated heterocycles. The normalized spacial score (nSPS) is 30.6. The van der Waals surface area contributed by atoms with Crippen LogP contribution in [0.1, 0.15) is 111 Å². The van der Waals surface area contributed by atoms with E-state index in [0.29, 0.717) is 33.6 Å². The van der Waals surface area contributed by atoms with E-state index in [-0.39, 0.29) is 35.3 Å². The highest BCUT2D eigenvalue weighted by atomic mass is 16.6. The molecular weight excluding hydrogens is 636 g/mol. The van der Waals surface area contributed by atoms with Crippen LogP contribution in [0, 0.1) is 53.3 Å². The molecule has 1 heterocycles. The van der Waals surface area contributed by atoms with Crippen molar-refractivity contribution < 1.29 is 23.4 Å². The van der Waals surface area contributed by atoms with E-state index in [1.807, 2.05) is 18.2 Å². The monoisotopic (exact) mass is 694 g/mol. The number of ether oxygens (including phenoxy) is 3. The van der Waals surface area contributed by atoms with E-state index in [1.54, 1.807) is 37.3 Å². The lowest BCUT2D eigenvalue weighted by atomic mass is 9.47. The van der Waals surface area contributed by atoms with Crippen LogP contribution >= 0.6 is 0 Å². The van der Waals surface area contributed by atoms with Crippen LogP contribution in [-0.2, 0) is 9.53 Å². The van der Waals surface area contributed by atoms with Crippen molar-refractivity contribution >= 4 is 16.9 Å². The molecule has 6 nitrogen and oxygen atoms in total. The van der Waals surface area contributed by atoms with Crippen molar-refractivity contribution in [3.8, 4) is 17.2 Å². The summed E-state index contributed by atoms with van der Waals surface area (Å²) in [4.78, 5) is 26.2. The molecule has 0 spiro atoms. The highest BCUT2D eigenvalue weighted by Gasteiger charge is 2.59. The molecule has 0 amide bonds. The van der Waals surface area contributed by atoms with Crippen molar-refractivity contribution in [2.45, 2.75) is 118 Å². The molecule has 4 aliphatic carbocycles. The summed E-state index contributed by atoms with van der Waals surface area (Å²) in [6.45, 7) is 14.0. The molecule has 0 unspecified atom stereocenters. The number of rotatable bonds is 11. The maximum absolute atomic E-state index is 13.2. The van der Waals surface area contributed by atoms with E-state index < -0.39 is 0 Å². The van der Waals surface area contributed by atoms with Crippen LogP contribution in [0.5, 0.6) is 17.2 Å². The Morgan fingerprint density at radius 3 is 2.53 bits per heavy atom. The summed E-state index contributed by atoms with van der Waals surface area (Å²) < 4.78 is 23.7. The Balaban J connectivity index is 0.945. The van der Waals surface area contributed by atoms with Gasteiger partial charge in [-0.2, -0.15) is 0 Å². The molecule has 274 valence electrons. The van der Waals surface area contributed by atoms with Crippen LogP contribution in [-0.4, -0.2) is 18.7 Å². The molecule has 51 heavy (non-hydrogen) atoms. The van der Waals surface area contributed by atoms with Gasteiger partial charge in [0, 0.05) is 12.5 Å². The zero-order valence-corrected chi connectivity index (χ0v) is 31.7. The summed E-state index contributed by atoms with van der Waals surface area (Å²) >= 11 is 0. The van der Waals surface area contributed by atoms with E-state index in [2.05, 4.69) is 40.7 Å². The third-order valence-corrected chi connectivity index (χ3v) is 13.9. The topological polar surface area (TPSA) is 75.0 Å². The van der Waals surface area contributed by atoms with Crippen molar-refractivity contribution in [3.63, 3.8) is 0 Å². The Hall–Kier alpha value is -3.54. The minimum Gasteiger partial charge on any atom is -0.482 e. The van der Waals surface area contributed by atoms with Crippen LogP contribution in [0.4, 0.5) is 0 Å². The molecule has 0 aliphatic heterocycles. The maximum atomic E-state index is 13.2. The van der Waals surface area contributed by atoms with E-state index in [4.69, 9.17) is 18.6 Å². The van der Waals surface area contributed by atoms with Crippen LogP contribution in [0.2, 0.25) is 0 Å². The third kappa shape index (κ3) is 7.01. The largest absolute Gasteiger partial charge is 0.482 e. The molecule has 3 fully saturated rings. The maximum Gasteiger partial charge on any atom is 0.344 e. The molecule has 3 aromatic rings. The number of carbonyl (C=O) groups is 1. The minimum atomic E-state index is -0.366. The Labute approximate surface area is 304 Å². The number of aryl methyl sites for hydroxylation is 1. The Morgan fingerprint density at radius 2 is 1.75 bits per heavy atom. The highest BCUT2D eigenvalue weighted by Crippen LogP contribution is 2.67. The van der Waals surface area contributed by atoms with Gasteiger partial charge in [0.05, 0.1) is 5.39 Å². The van der Waals surface area contributed by atoms with Gasteiger partial charge in [-0.05, 0) is 122 Å². The summed E-state index contributed by atoms with van der Waals surface area (Å²) in [5.41, 5.74) is 2.34. The molecule has 6 heteroatoms. The predicted octanol–water partition coefficient (Wildman–Crippen LogP) is 11.2. The smallest absolute Gasteiger partial charge is 0.344 e. The summed E-state index contributed by atoms with van der Waals surface area (Å²) in [5, 5.41) is 0.386. The van der Waals surface area contributed by atoms with Gasteiger partial charge in [0.1, 0.15) is 28.9 Å². The molecule has 0 radical (unpaired) electrons. The van der Waals surface area contributed by atoms with Gasteiger partial charge in [-0.15, -0.1) is 0 Å². The lowest BCUT2D eigenvalue weighted by Crippen LogP contribution is -2.51. The molecule has 2 aromatic carbocycles. The fourth-order valence-electron chi connectivity index (χ4n) is 11.2. The second kappa shape index (κ2) is 14.5. The van der Waals surface area contributed by atoms with Crippen molar-refractivity contribution in [3.05, 3.63) is 76.2 Å². The van der Waals surface area contributed by atoms with Crippen LogP contribution in [0.3, 0.4) is 0 Å². The van der Waals surface area contributed by atoms with Gasteiger partial charge in [-0.1, -0.05) is 83.7 Å². The number of fused-ring (bicyclic) bond motifs is 6. The molecule has 3 saturated carbocycles. The van der Waals surface area contributed by atoms with Gasteiger partial charge in [0.15, 0.2) is 6.61 Å². The van der Waals surface area contributed by atoms with Gasteiger partial charge < -0.3 is 18.6 Å². The van der Waals surface area contributed by atoms with Crippen molar-refractivity contribution in [2.75, 3.05) is 6.61 Å². The van der Waals surface area contributed by atoms with Crippen molar-refractivity contribution in [2.24, 2.45) is 46.3 Å². The summed E-state index contributed by atoms with van der Waals surface area (Å²) in [6, 6.07) is 14.1. The second-order valence-electron chi connectivity index (χ2n) is 17.3. The first-order chi connectivity index (χ1) is 24.5. The van der Waals surface area contributed by atoms with E-state index in [9.17, 15) is 9.59 Å². The van der Waals surface area contributed by atoms with Gasteiger partial charge in [0.2, 0.25) is 11.2 Å².